The summed E-state index contributed by atoms with van der Waals surface area (Å²) in [6.07, 6.45) is 2.97. The third-order valence-corrected chi connectivity index (χ3v) is 3.12. The first-order chi connectivity index (χ1) is 6.04. The fraction of sp³-hybridized carbons (Fsp3) is 0.800. The summed E-state index contributed by atoms with van der Waals surface area (Å²) >= 11 is 0. The van der Waals surface area contributed by atoms with E-state index >= 15 is 0 Å². The van der Waals surface area contributed by atoms with E-state index in [9.17, 15) is 4.79 Å². The summed E-state index contributed by atoms with van der Waals surface area (Å²) in [5, 5.41) is 0. The Labute approximate surface area is 111 Å². The third kappa shape index (κ3) is 2.44. The van der Waals surface area contributed by atoms with E-state index in [-0.39, 0.29) is 38.5 Å². The number of hydrogen-bond acceptors (Lipinski definition) is 3. The van der Waals surface area contributed by atoms with E-state index in [4.69, 9.17) is 4.74 Å². The minimum atomic E-state index is -0.409. The molecule has 79 valence electrons. The molecule has 1 aliphatic rings. The topological polar surface area (TPSA) is 29.5 Å². The molecule has 0 aromatic heterocycles. The summed E-state index contributed by atoms with van der Waals surface area (Å²) in [4.78, 5) is 13.7. The van der Waals surface area contributed by atoms with Crippen molar-refractivity contribution in [2.45, 2.75) is 31.8 Å². The van der Waals surface area contributed by atoms with Crippen LogP contribution in [0.15, 0.2) is 0 Å². The van der Waals surface area contributed by atoms with Crippen LogP contribution in [0.5, 0.6) is 0 Å². The van der Waals surface area contributed by atoms with E-state index in [0.29, 0.717) is 12.6 Å². The van der Waals surface area contributed by atoms with E-state index < -0.39 is 5.54 Å². The summed E-state index contributed by atoms with van der Waals surface area (Å²) < 4.78 is 5.13. The number of Topliss-reactive ketones (excluding diaryl/α,β-unsaturated/α-hetero) is 1. The number of methoxy groups -OCH3 is 1. The zero-order valence-electron chi connectivity index (χ0n) is 9.41. The number of likely N-dealkylation sites (N-methyl/N-ethyl adjacent to an activating group) is 1. The van der Waals surface area contributed by atoms with Gasteiger partial charge in [0.05, 0.1) is 12.1 Å². The van der Waals surface area contributed by atoms with Crippen LogP contribution in [-0.4, -0.2) is 43.0 Å². The van der Waals surface area contributed by atoms with Gasteiger partial charge in [-0.1, -0.05) is 6.92 Å². The Morgan fingerprint density at radius 2 is 2.29 bits per heavy atom. The SMILES string of the molecule is COCC1(C(C)=O)C[CH-]C(C)N1C.[Y]. The second-order valence-electron chi connectivity index (χ2n) is 3.81. The fourth-order valence-electron chi connectivity index (χ4n) is 1.95. The molecule has 3 nitrogen and oxygen atoms in total. The van der Waals surface area contributed by atoms with Crippen molar-refractivity contribution in [1.82, 2.24) is 4.90 Å². The average Bonchev–Trinajstić information content (AvgIpc) is 2.34. The molecule has 0 saturated carbocycles. The monoisotopic (exact) mass is 273 g/mol. The number of nitrogens with zero attached hydrogens (tertiary/aromatic N) is 1. The van der Waals surface area contributed by atoms with Gasteiger partial charge in [-0.3, -0.25) is 4.79 Å². The van der Waals surface area contributed by atoms with Gasteiger partial charge in [-0.05, 0) is 14.0 Å². The third-order valence-electron chi connectivity index (χ3n) is 3.12. The van der Waals surface area contributed by atoms with Crippen LogP contribution >= 0.6 is 0 Å². The van der Waals surface area contributed by atoms with E-state index in [0.717, 1.165) is 6.42 Å². The molecule has 4 heteroatoms. The van der Waals surface area contributed by atoms with Crippen molar-refractivity contribution < 1.29 is 42.2 Å². The van der Waals surface area contributed by atoms with E-state index in [1.807, 2.05) is 7.05 Å². The van der Waals surface area contributed by atoms with Gasteiger partial charge in [-0.2, -0.15) is 0 Å². The first kappa shape index (κ1) is 14.7. The molecule has 1 saturated heterocycles. The molecule has 0 spiro atoms. The molecule has 1 radical (unpaired) electrons. The van der Waals surface area contributed by atoms with Crippen molar-refractivity contribution in [1.29, 1.82) is 0 Å². The van der Waals surface area contributed by atoms with Crippen LogP contribution in [0.1, 0.15) is 20.3 Å². The first-order valence-electron chi connectivity index (χ1n) is 4.61. The van der Waals surface area contributed by atoms with Crippen molar-refractivity contribution >= 4 is 5.78 Å². The predicted molar refractivity (Wildman–Crippen MR) is 51.4 cm³/mol. The van der Waals surface area contributed by atoms with Crippen LogP contribution in [0, 0.1) is 6.42 Å². The quantitative estimate of drug-likeness (QED) is 0.715. The molecule has 1 aliphatic heterocycles. The number of likely N-dealkylation sites (tertiary alicyclic amines) is 1. The molecular formula is C10H18NO2Y-. The zero-order chi connectivity index (χ0) is 10.1. The minimum absolute atomic E-state index is 0. The van der Waals surface area contributed by atoms with Crippen LogP contribution in [0.4, 0.5) is 0 Å². The molecule has 0 aliphatic carbocycles. The molecule has 0 bridgehead atoms. The molecule has 0 N–H and O–H groups in total. The van der Waals surface area contributed by atoms with Gasteiger partial charge in [0.15, 0.2) is 0 Å². The van der Waals surface area contributed by atoms with Gasteiger partial charge in [0, 0.05) is 39.8 Å². The molecule has 2 unspecified atom stereocenters. The average molecular weight is 273 g/mol. The minimum Gasteiger partial charge on any atom is -0.382 e. The molecule has 1 rings (SSSR count). The van der Waals surface area contributed by atoms with Crippen LogP contribution < -0.4 is 0 Å². The van der Waals surface area contributed by atoms with Crippen LogP contribution in [0.25, 0.3) is 0 Å². The number of carbonyl (C=O) groups is 1. The van der Waals surface area contributed by atoms with Crippen molar-refractivity contribution in [3.8, 4) is 0 Å². The number of rotatable bonds is 3. The Morgan fingerprint density at radius 3 is 2.57 bits per heavy atom. The van der Waals surface area contributed by atoms with Crippen LogP contribution in [0.2, 0.25) is 0 Å². The maximum atomic E-state index is 11.6. The van der Waals surface area contributed by atoms with Crippen molar-refractivity contribution in [3.63, 3.8) is 0 Å². The van der Waals surface area contributed by atoms with Crippen molar-refractivity contribution in [2.24, 2.45) is 0 Å². The van der Waals surface area contributed by atoms with Gasteiger partial charge in [0.25, 0.3) is 0 Å². The van der Waals surface area contributed by atoms with Gasteiger partial charge in [-0.25, -0.2) is 0 Å². The summed E-state index contributed by atoms with van der Waals surface area (Å²) in [7, 11) is 3.62. The summed E-state index contributed by atoms with van der Waals surface area (Å²) in [5.74, 6) is 0.192. The Morgan fingerprint density at radius 1 is 1.71 bits per heavy atom. The van der Waals surface area contributed by atoms with Crippen molar-refractivity contribution in [3.05, 3.63) is 6.42 Å². The zero-order valence-corrected chi connectivity index (χ0v) is 12.2. The summed E-state index contributed by atoms with van der Waals surface area (Å²) in [5.41, 5.74) is -0.409. The Bertz CT molecular complexity index is 206. The summed E-state index contributed by atoms with van der Waals surface area (Å²) in [6, 6.07) is 0.360. The Kier molecular flexibility index (Phi) is 5.97. The van der Waals surface area contributed by atoms with Gasteiger partial charge in [0.1, 0.15) is 5.78 Å². The molecule has 1 heterocycles. The second kappa shape index (κ2) is 5.69. The van der Waals surface area contributed by atoms with Gasteiger partial charge in [0.2, 0.25) is 0 Å². The molecule has 0 aromatic rings. The molecular weight excluding hydrogens is 255 g/mol. The Hall–Kier alpha value is 0.694. The standard InChI is InChI=1S/C10H18NO2.Y/c1-8-5-6-10(7-13-4,9(2)12)11(8)3;/h5,8H,6-7H2,1-4H3;/q-1;. The number of hydrogen-bond donors (Lipinski definition) is 0. The molecule has 0 amide bonds. The van der Waals surface area contributed by atoms with Gasteiger partial charge < -0.3 is 16.1 Å². The summed E-state index contributed by atoms with van der Waals surface area (Å²) in [6.45, 7) is 4.22. The first-order valence-corrected chi connectivity index (χ1v) is 4.61. The van der Waals surface area contributed by atoms with Gasteiger partial charge in [-0.15, -0.1) is 12.5 Å². The number of ether oxygens (including phenoxy) is 1. The number of ketones is 1. The van der Waals surface area contributed by atoms with Gasteiger partial charge >= 0.3 is 0 Å². The van der Waals surface area contributed by atoms with E-state index in [1.165, 1.54) is 0 Å². The largest absolute Gasteiger partial charge is 0.382 e. The smallest absolute Gasteiger partial charge is 0.149 e. The fourth-order valence-corrected chi connectivity index (χ4v) is 1.95. The normalized spacial score (nSPS) is 32.7. The maximum Gasteiger partial charge on any atom is 0.149 e. The molecule has 1 fully saturated rings. The second-order valence-corrected chi connectivity index (χ2v) is 3.81. The molecule has 14 heavy (non-hydrogen) atoms. The van der Waals surface area contributed by atoms with Crippen molar-refractivity contribution in [2.75, 3.05) is 20.8 Å². The van der Waals surface area contributed by atoms with E-state index in [1.54, 1.807) is 14.0 Å². The van der Waals surface area contributed by atoms with E-state index in [2.05, 4.69) is 18.2 Å². The molecule has 0 aromatic carbocycles. The Balaban J connectivity index is 0.00000169. The predicted octanol–water partition coefficient (Wildman–Crippen LogP) is 0.886. The maximum absolute atomic E-state index is 11.6. The molecule has 2 atom stereocenters. The van der Waals surface area contributed by atoms with Crippen LogP contribution in [-0.2, 0) is 42.2 Å². The van der Waals surface area contributed by atoms with Crippen LogP contribution in [0.3, 0.4) is 0 Å². The number of carbonyl (C=O) groups excluding carboxylic acids is 1.